The molecule has 1 aliphatic carbocycles. The molecular weight excluding hydrogens is 224 g/mol. The van der Waals surface area contributed by atoms with E-state index in [0.29, 0.717) is 6.04 Å². The van der Waals surface area contributed by atoms with Crippen LogP contribution in [0.1, 0.15) is 18.5 Å². The topological polar surface area (TPSA) is 26.2 Å². The highest BCUT2D eigenvalue weighted by Gasteiger charge is 2.30. The minimum atomic E-state index is 0.485. The highest BCUT2D eigenvalue weighted by Crippen LogP contribution is 2.32. The number of rotatable bonds is 6. The number of nitrogens with one attached hydrogen (secondary N) is 1. The standard InChI is InChI=1S/C12H19ClN2O/c1-15-7-10(13)5-11(15)6-14-12(8-16-2)9-3-4-9/h5,7,9,12,14H,3-4,6,8H2,1-2H3. The van der Waals surface area contributed by atoms with Gasteiger partial charge in [0.25, 0.3) is 0 Å². The van der Waals surface area contributed by atoms with E-state index in [1.807, 2.05) is 19.3 Å². The average Bonchev–Trinajstić information content (AvgIpc) is 3.01. The van der Waals surface area contributed by atoms with Crippen LogP contribution in [-0.2, 0) is 18.3 Å². The summed E-state index contributed by atoms with van der Waals surface area (Å²) in [4.78, 5) is 0. The maximum atomic E-state index is 5.94. The zero-order chi connectivity index (χ0) is 11.5. The molecular formula is C12H19ClN2O. The van der Waals surface area contributed by atoms with Crippen LogP contribution in [0.2, 0.25) is 5.02 Å². The molecule has 0 radical (unpaired) electrons. The Kier molecular flexibility index (Phi) is 3.90. The van der Waals surface area contributed by atoms with Crippen LogP contribution in [0.3, 0.4) is 0 Å². The number of ether oxygens (including phenoxy) is 1. The lowest BCUT2D eigenvalue weighted by Gasteiger charge is -2.17. The largest absolute Gasteiger partial charge is 0.383 e. The summed E-state index contributed by atoms with van der Waals surface area (Å²) in [7, 11) is 3.78. The van der Waals surface area contributed by atoms with Gasteiger partial charge in [-0.15, -0.1) is 0 Å². The smallest absolute Gasteiger partial charge is 0.0618 e. The van der Waals surface area contributed by atoms with Gasteiger partial charge in [0, 0.05) is 38.6 Å². The number of hydrogen-bond donors (Lipinski definition) is 1. The number of methoxy groups -OCH3 is 1. The van der Waals surface area contributed by atoms with Crippen LogP contribution < -0.4 is 5.32 Å². The van der Waals surface area contributed by atoms with Crippen molar-refractivity contribution in [3.05, 3.63) is 23.0 Å². The summed E-state index contributed by atoms with van der Waals surface area (Å²) in [6.45, 7) is 1.65. The first-order valence-electron chi connectivity index (χ1n) is 5.73. The molecule has 1 aromatic rings. The maximum absolute atomic E-state index is 5.94. The highest BCUT2D eigenvalue weighted by molar-refractivity contribution is 6.30. The lowest BCUT2D eigenvalue weighted by molar-refractivity contribution is 0.156. The molecule has 0 bridgehead atoms. The molecule has 2 rings (SSSR count). The van der Waals surface area contributed by atoms with Gasteiger partial charge in [-0.3, -0.25) is 0 Å². The summed E-state index contributed by atoms with van der Waals surface area (Å²) in [6.07, 6.45) is 4.59. The molecule has 1 fully saturated rings. The Morgan fingerprint density at radius 1 is 1.62 bits per heavy atom. The Balaban J connectivity index is 1.87. The summed E-state index contributed by atoms with van der Waals surface area (Å²) < 4.78 is 7.30. The summed E-state index contributed by atoms with van der Waals surface area (Å²) in [6, 6.07) is 2.49. The maximum Gasteiger partial charge on any atom is 0.0618 e. The number of aromatic nitrogens is 1. The Bertz CT molecular complexity index is 347. The van der Waals surface area contributed by atoms with E-state index in [9.17, 15) is 0 Å². The third-order valence-electron chi connectivity index (χ3n) is 3.16. The van der Waals surface area contributed by atoms with Crippen molar-refractivity contribution < 1.29 is 4.74 Å². The van der Waals surface area contributed by atoms with Gasteiger partial charge >= 0.3 is 0 Å². The lowest BCUT2D eigenvalue weighted by atomic mass is 10.2. The van der Waals surface area contributed by atoms with Crippen molar-refractivity contribution in [3.63, 3.8) is 0 Å². The first-order valence-corrected chi connectivity index (χ1v) is 6.11. The quantitative estimate of drug-likeness (QED) is 0.828. The van der Waals surface area contributed by atoms with E-state index in [-0.39, 0.29) is 0 Å². The lowest BCUT2D eigenvalue weighted by Crippen LogP contribution is -2.35. The SMILES string of the molecule is COCC(NCc1cc(Cl)cn1C)C1CC1. The molecule has 1 aliphatic rings. The third kappa shape index (κ3) is 3.00. The Morgan fingerprint density at radius 3 is 2.88 bits per heavy atom. The van der Waals surface area contributed by atoms with E-state index in [1.165, 1.54) is 18.5 Å². The van der Waals surface area contributed by atoms with Crippen LogP contribution in [0.4, 0.5) is 0 Å². The molecule has 0 amide bonds. The zero-order valence-electron chi connectivity index (χ0n) is 9.87. The molecule has 0 aliphatic heterocycles. The molecule has 1 N–H and O–H groups in total. The van der Waals surface area contributed by atoms with Crippen LogP contribution in [0.25, 0.3) is 0 Å². The number of nitrogens with zero attached hydrogens (tertiary/aromatic N) is 1. The fourth-order valence-corrected chi connectivity index (χ4v) is 2.29. The van der Waals surface area contributed by atoms with Gasteiger partial charge in [-0.25, -0.2) is 0 Å². The van der Waals surface area contributed by atoms with Crippen molar-refractivity contribution in [3.8, 4) is 0 Å². The molecule has 3 nitrogen and oxygen atoms in total. The minimum Gasteiger partial charge on any atom is -0.383 e. The molecule has 1 heterocycles. The van der Waals surface area contributed by atoms with Gasteiger partial charge in [0.05, 0.1) is 11.6 Å². The van der Waals surface area contributed by atoms with Gasteiger partial charge in [-0.05, 0) is 24.8 Å². The van der Waals surface area contributed by atoms with Crippen molar-refractivity contribution in [2.75, 3.05) is 13.7 Å². The molecule has 1 aromatic heterocycles. The zero-order valence-corrected chi connectivity index (χ0v) is 10.6. The second-order valence-electron chi connectivity index (χ2n) is 4.54. The second kappa shape index (κ2) is 5.21. The monoisotopic (exact) mass is 242 g/mol. The molecule has 0 saturated heterocycles. The first-order chi connectivity index (χ1) is 7.70. The van der Waals surface area contributed by atoms with Crippen molar-refractivity contribution in [2.45, 2.75) is 25.4 Å². The summed E-state index contributed by atoms with van der Waals surface area (Å²) >= 11 is 5.94. The van der Waals surface area contributed by atoms with Gasteiger partial charge < -0.3 is 14.6 Å². The number of aryl methyl sites for hydroxylation is 1. The van der Waals surface area contributed by atoms with Crippen molar-refractivity contribution in [1.82, 2.24) is 9.88 Å². The van der Waals surface area contributed by atoms with E-state index in [4.69, 9.17) is 16.3 Å². The fourth-order valence-electron chi connectivity index (χ4n) is 2.02. The van der Waals surface area contributed by atoms with E-state index in [0.717, 1.165) is 24.1 Å². The predicted molar refractivity (Wildman–Crippen MR) is 65.7 cm³/mol. The molecule has 90 valence electrons. The highest BCUT2D eigenvalue weighted by atomic mass is 35.5. The van der Waals surface area contributed by atoms with Crippen LogP contribution in [0.5, 0.6) is 0 Å². The third-order valence-corrected chi connectivity index (χ3v) is 3.36. The van der Waals surface area contributed by atoms with Gasteiger partial charge in [-0.1, -0.05) is 11.6 Å². The summed E-state index contributed by atoms with van der Waals surface area (Å²) in [5.74, 6) is 0.802. The molecule has 0 spiro atoms. The van der Waals surface area contributed by atoms with Crippen LogP contribution in [0, 0.1) is 5.92 Å². The second-order valence-corrected chi connectivity index (χ2v) is 4.98. The van der Waals surface area contributed by atoms with Crippen molar-refractivity contribution >= 4 is 11.6 Å². The molecule has 1 saturated carbocycles. The first kappa shape index (κ1) is 12.0. The van der Waals surface area contributed by atoms with Gasteiger partial charge in [0.1, 0.15) is 0 Å². The van der Waals surface area contributed by atoms with Crippen molar-refractivity contribution in [2.24, 2.45) is 13.0 Å². The average molecular weight is 243 g/mol. The van der Waals surface area contributed by atoms with Crippen LogP contribution in [0.15, 0.2) is 12.3 Å². The van der Waals surface area contributed by atoms with Gasteiger partial charge in [0.2, 0.25) is 0 Å². The Hall–Kier alpha value is -0.510. The summed E-state index contributed by atoms with van der Waals surface area (Å²) in [5, 5.41) is 4.35. The summed E-state index contributed by atoms with van der Waals surface area (Å²) in [5.41, 5.74) is 1.21. The molecule has 1 unspecified atom stereocenters. The van der Waals surface area contributed by atoms with E-state index in [2.05, 4.69) is 9.88 Å². The van der Waals surface area contributed by atoms with Gasteiger partial charge in [-0.2, -0.15) is 0 Å². The van der Waals surface area contributed by atoms with Gasteiger partial charge in [0.15, 0.2) is 0 Å². The predicted octanol–water partition coefficient (Wildman–Crippen LogP) is 2.19. The molecule has 16 heavy (non-hydrogen) atoms. The normalized spacial score (nSPS) is 17.7. The van der Waals surface area contributed by atoms with Crippen LogP contribution >= 0.6 is 11.6 Å². The van der Waals surface area contributed by atoms with E-state index in [1.54, 1.807) is 7.11 Å². The molecule has 1 atom stereocenters. The van der Waals surface area contributed by atoms with Crippen LogP contribution in [-0.4, -0.2) is 24.3 Å². The van der Waals surface area contributed by atoms with Crippen molar-refractivity contribution in [1.29, 1.82) is 0 Å². The number of halogens is 1. The minimum absolute atomic E-state index is 0.485. The van der Waals surface area contributed by atoms with E-state index >= 15 is 0 Å². The number of hydrogen-bond acceptors (Lipinski definition) is 2. The molecule has 0 aromatic carbocycles. The Morgan fingerprint density at radius 2 is 2.38 bits per heavy atom. The molecule has 4 heteroatoms. The van der Waals surface area contributed by atoms with E-state index < -0.39 is 0 Å². The fraction of sp³-hybridized carbons (Fsp3) is 0.667. The Labute approximate surface area is 102 Å².